The zero-order valence-electron chi connectivity index (χ0n) is 9.15. The first-order valence-electron chi connectivity index (χ1n) is 4.77. The number of carbonyl (C=O) groups is 2. The van der Waals surface area contributed by atoms with Gasteiger partial charge in [0.05, 0.1) is 6.61 Å². The fraction of sp³-hybridized carbons (Fsp3) is 0.778. The van der Waals surface area contributed by atoms with Crippen molar-refractivity contribution in [2.45, 2.75) is 12.8 Å². The molecule has 0 bridgehead atoms. The Morgan fingerprint density at radius 1 is 1.47 bits per heavy atom. The first-order chi connectivity index (χ1) is 7.07. The Kier molecular flexibility index (Phi) is 7.35. The molecule has 0 rings (SSSR count). The summed E-state index contributed by atoms with van der Waals surface area (Å²) in [5, 5.41) is 11.0. The Labute approximate surface area is 89.2 Å². The number of ether oxygens (including phenoxy) is 1. The number of hydrogen-bond donors (Lipinski definition) is 2. The van der Waals surface area contributed by atoms with Crippen LogP contribution in [0.3, 0.4) is 0 Å². The lowest BCUT2D eigenvalue weighted by molar-refractivity contribution is -0.137. The second-order valence-electron chi connectivity index (χ2n) is 3.14. The molecule has 88 valence electrons. The van der Waals surface area contributed by atoms with Gasteiger partial charge in [-0.15, -0.1) is 0 Å². The number of methoxy groups -OCH3 is 1. The first-order valence-corrected chi connectivity index (χ1v) is 4.77. The number of nitrogens with zero attached hydrogens (tertiary/aromatic N) is 1. The van der Waals surface area contributed by atoms with Crippen LogP contribution in [0.4, 0.5) is 4.79 Å². The third-order valence-electron chi connectivity index (χ3n) is 1.82. The van der Waals surface area contributed by atoms with Crippen LogP contribution in [0.1, 0.15) is 12.8 Å². The Morgan fingerprint density at radius 2 is 2.13 bits per heavy atom. The Balaban J connectivity index is 3.51. The van der Waals surface area contributed by atoms with Gasteiger partial charge in [0.2, 0.25) is 0 Å². The lowest BCUT2D eigenvalue weighted by Crippen LogP contribution is -2.39. The second-order valence-corrected chi connectivity index (χ2v) is 3.14. The maximum Gasteiger partial charge on any atom is 0.317 e. The number of hydrogen-bond acceptors (Lipinski definition) is 3. The van der Waals surface area contributed by atoms with E-state index in [-0.39, 0.29) is 12.5 Å². The molecule has 0 atom stereocenters. The molecule has 0 spiro atoms. The lowest BCUT2D eigenvalue weighted by Gasteiger charge is -2.17. The van der Waals surface area contributed by atoms with Gasteiger partial charge in [0.1, 0.15) is 0 Å². The van der Waals surface area contributed by atoms with E-state index in [0.29, 0.717) is 26.1 Å². The van der Waals surface area contributed by atoms with E-state index in [0.717, 1.165) is 0 Å². The van der Waals surface area contributed by atoms with Crippen molar-refractivity contribution in [2.75, 3.05) is 33.9 Å². The summed E-state index contributed by atoms with van der Waals surface area (Å²) < 4.78 is 4.82. The highest BCUT2D eigenvalue weighted by Gasteiger charge is 2.06. The summed E-state index contributed by atoms with van der Waals surface area (Å²) in [7, 11) is 3.23. The molecule has 0 aromatic heterocycles. The normalized spacial score (nSPS) is 9.73. The smallest absolute Gasteiger partial charge is 0.317 e. The molecular formula is C9H18N2O4. The van der Waals surface area contributed by atoms with Crippen LogP contribution in [0.15, 0.2) is 0 Å². The fourth-order valence-corrected chi connectivity index (χ4v) is 0.900. The molecule has 0 fully saturated rings. The number of amides is 2. The molecule has 0 aliphatic rings. The average molecular weight is 218 g/mol. The van der Waals surface area contributed by atoms with E-state index in [2.05, 4.69) is 5.32 Å². The number of rotatable bonds is 7. The fourth-order valence-electron chi connectivity index (χ4n) is 0.900. The molecular weight excluding hydrogens is 200 g/mol. The second kappa shape index (κ2) is 8.05. The molecule has 6 heteroatoms. The minimum absolute atomic E-state index is 0.0715. The lowest BCUT2D eigenvalue weighted by atomic mass is 10.3. The molecule has 0 saturated carbocycles. The van der Waals surface area contributed by atoms with Crippen molar-refractivity contribution in [3.8, 4) is 0 Å². The van der Waals surface area contributed by atoms with Gasteiger partial charge in [-0.3, -0.25) is 4.79 Å². The molecule has 0 radical (unpaired) electrons. The van der Waals surface area contributed by atoms with Crippen LogP contribution in [0.5, 0.6) is 0 Å². The van der Waals surface area contributed by atoms with Gasteiger partial charge in [-0.25, -0.2) is 4.79 Å². The zero-order valence-corrected chi connectivity index (χ0v) is 9.15. The molecule has 0 aromatic rings. The van der Waals surface area contributed by atoms with Gasteiger partial charge in [-0.1, -0.05) is 0 Å². The van der Waals surface area contributed by atoms with Crippen LogP contribution < -0.4 is 5.32 Å². The predicted molar refractivity (Wildman–Crippen MR) is 54.8 cm³/mol. The molecule has 2 amide bonds. The maximum atomic E-state index is 11.3. The van der Waals surface area contributed by atoms with E-state index < -0.39 is 5.97 Å². The van der Waals surface area contributed by atoms with Gasteiger partial charge in [0.15, 0.2) is 0 Å². The number of carboxylic acids is 1. The van der Waals surface area contributed by atoms with Crippen LogP contribution in [0, 0.1) is 0 Å². The standard InChI is InChI=1S/C9H18N2O4/c1-11(6-7-15-2)9(14)10-5-3-4-8(12)13/h3-7H2,1-2H3,(H,10,14)(H,12,13). The Bertz CT molecular complexity index is 208. The monoisotopic (exact) mass is 218 g/mol. The highest BCUT2D eigenvalue weighted by molar-refractivity contribution is 5.73. The Morgan fingerprint density at radius 3 is 2.67 bits per heavy atom. The van der Waals surface area contributed by atoms with Gasteiger partial charge in [-0.05, 0) is 6.42 Å². The molecule has 2 N–H and O–H groups in total. The Hall–Kier alpha value is -1.30. The summed E-state index contributed by atoms with van der Waals surface area (Å²) in [6.45, 7) is 1.38. The first kappa shape index (κ1) is 13.7. The quantitative estimate of drug-likeness (QED) is 0.596. The van der Waals surface area contributed by atoms with Crippen LogP contribution in [-0.4, -0.2) is 55.9 Å². The molecule has 0 aliphatic carbocycles. The predicted octanol–water partition coefficient (Wildman–Crippen LogP) is 0.139. The van der Waals surface area contributed by atoms with Gasteiger partial charge in [0, 0.05) is 33.7 Å². The van der Waals surface area contributed by atoms with Crippen LogP contribution in [-0.2, 0) is 9.53 Å². The summed E-state index contributed by atoms with van der Waals surface area (Å²) in [6.07, 6.45) is 0.515. The van der Waals surface area contributed by atoms with E-state index in [4.69, 9.17) is 9.84 Å². The number of nitrogens with one attached hydrogen (secondary N) is 1. The third kappa shape index (κ3) is 7.75. The SMILES string of the molecule is COCCN(C)C(=O)NCCCC(=O)O. The maximum absolute atomic E-state index is 11.3. The number of likely N-dealkylation sites (N-methyl/N-ethyl adjacent to an activating group) is 1. The highest BCUT2D eigenvalue weighted by atomic mass is 16.5. The van der Waals surface area contributed by atoms with E-state index in [1.54, 1.807) is 14.2 Å². The van der Waals surface area contributed by atoms with Gasteiger partial charge < -0.3 is 20.1 Å². The van der Waals surface area contributed by atoms with Crippen LogP contribution in [0.25, 0.3) is 0 Å². The molecule has 0 unspecified atom stereocenters. The molecule has 0 aliphatic heterocycles. The van der Waals surface area contributed by atoms with Crippen molar-refractivity contribution < 1.29 is 19.4 Å². The van der Waals surface area contributed by atoms with Crippen LogP contribution >= 0.6 is 0 Å². The van der Waals surface area contributed by atoms with Crippen molar-refractivity contribution in [1.29, 1.82) is 0 Å². The third-order valence-corrected chi connectivity index (χ3v) is 1.82. The van der Waals surface area contributed by atoms with E-state index in [9.17, 15) is 9.59 Å². The number of urea groups is 1. The number of carboxylic acid groups (broad SMARTS) is 1. The van der Waals surface area contributed by atoms with Crippen molar-refractivity contribution in [3.63, 3.8) is 0 Å². The van der Waals surface area contributed by atoms with Crippen molar-refractivity contribution in [3.05, 3.63) is 0 Å². The van der Waals surface area contributed by atoms with Gasteiger partial charge in [0.25, 0.3) is 0 Å². The van der Waals surface area contributed by atoms with Crippen molar-refractivity contribution >= 4 is 12.0 Å². The summed E-state index contributed by atoms with van der Waals surface area (Å²) >= 11 is 0. The highest BCUT2D eigenvalue weighted by Crippen LogP contribution is 1.88. The molecule has 6 nitrogen and oxygen atoms in total. The molecule has 15 heavy (non-hydrogen) atoms. The summed E-state index contributed by atoms with van der Waals surface area (Å²) in [5.41, 5.74) is 0. The average Bonchev–Trinajstić information content (AvgIpc) is 2.20. The number of aliphatic carboxylic acids is 1. The molecule has 0 heterocycles. The number of carbonyl (C=O) groups excluding carboxylic acids is 1. The topological polar surface area (TPSA) is 78.9 Å². The van der Waals surface area contributed by atoms with Crippen molar-refractivity contribution in [2.24, 2.45) is 0 Å². The van der Waals surface area contributed by atoms with E-state index in [1.807, 2.05) is 0 Å². The van der Waals surface area contributed by atoms with Gasteiger partial charge in [-0.2, -0.15) is 0 Å². The zero-order chi connectivity index (χ0) is 11.7. The summed E-state index contributed by atoms with van der Waals surface area (Å²) in [4.78, 5) is 23.0. The van der Waals surface area contributed by atoms with Crippen LogP contribution in [0.2, 0.25) is 0 Å². The minimum Gasteiger partial charge on any atom is -0.481 e. The summed E-state index contributed by atoms with van der Waals surface area (Å²) in [5.74, 6) is -0.850. The van der Waals surface area contributed by atoms with Gasteiger partial charge >= 0.3 is 12.0 Å². The summed E-state index contributed by atoms with van der Waals surface area (Å²) in [6, 6.07) is -0.211. The largest absolute Gasteiger partial charge is 0.481 e. The van der Waals surface area contributed by atoms with Crippen molar-refractivity contribution in [1.82, 2.24) is 10.2 Å². The molecule has 0 aromatic carbocycles. The minimum atomic E-state index is -0.850. The van der Waals surface area contributed by atoms with E-state index >= 15 is 0 Å². The van der Waals surface area contributed by atoms with E-state index in [1.165, 1.54) is 4.90 Å². The molecule has 0 saturated heterocycles.